The van der Waals surface area contributed by atoms with E-state index in [1.807, 2.05) is 18.2 Å². The summed E-state index contributed by atoms with van der Waals surface area (Å²) in [4.78, 5) is 11.4. The zero-order valence-corrected chi connectivity index (χ0v) is 20.6. The summed E-state index contributed by atoms with van der Waals surface area (Å²) in [5, 5.41) is 29.1. The summed E-state index contributed by atoms with van der Waals surface area (Å²) in [6.45, 7) is 4.85. The van der Waals surface area contributed by atoms with Crippen molar-refractivity contribution in [3.05, 3.63) is 53.6 Å². The molecule has 2 aromatic carbocycles. The Kier molecular flexibility index (Phi) is 9.26. The zero-order valence-electron chi connectivity index (χ0n) is 20.6. The van der Waals surface area contributed by atoms with Gasteiger partial charge in [0.2, 0.25) is 0 Å². The molecule has 1 heterocycles. The first-order valence-electron chi connectivity index (χ1n) is 12.8. The van der Waals surface area contributed by atoms with Crippen molar-refractivity contribution in [2.75, 3.05) is 6.61 Å². The van der Waals surface area contributed by atoms with E-state index >= 15 is 0 Å². The molecule has 0 saturated heterocycles. The van der Waals surface area contributed by atoms with Crippen LogP contribution in [0.3, 0.4) is 0 Å². The number of aromatic hydroxyl groups is 2. The van der Waals surface area contributed by atoms with E-state index in [0.717, 1.165) is 81.1 Å². The standard InChI is InChI=1S/C29H40O5/c1-3-4-10-21(28(32)33)11-8-6-5-7-9-12-26-25-18-17-24(31)19-27(25)34-20-29(26,2)22-13-15-23(30)16-14-22/h13-19,21,26,30-31H,3-12,20H2,1-2H3,(H,32,33). The summed E-state index contributed by atoms with van der Waals surface area (Å²) < 4.78 is 6.09. The van der Waals surface area contributed by atoms with Crippen LogP contribution in [-0.2, 0) is 10.2 Å². The van der Waals surface area contributed by atoms with Gasteiger partial charge in [-0.25, -0.2) is 0 Å². The number of carboxylic acids is 1. The monoisotopic (exact) mass is 468 g/mol. The van der Waals surface area contributed by atoms with Crippen LogP contribution < -0.4 is 4.74 Å². The van der Waals surface area contributed by atoms with Crippen LogP contribution >= 0.6 is 0 Å². The summed E-state index contributed by atoms with van der Waals surface area (Å²) in [7, 11) is 0. The second-order valence-corrected chi connectivity index (χ2v) is 10.1. The van der Waals surface area contributed by atoms with E-state index < -0.39 is 5.97 Å². The fourth-order valence-electron chi connectivity index (χ4n) is 5.32. The number of ether oxygens (including phenoxy) is 1. The number of phenols is 2. The van der Waals surface area contributed by atoms with Crippen LogP contribution in [0.25, 0.3) is 0 Å². The van der Waals surface area contributed by atoms with Crippen molar-refractivity contribution in [1.82, 2.24) is 0 Å². The highest BCUT2D eigenvalue weighted by atomic mass is 16.5. The summed E-state index contributed by atoms with van der Waals surface area (Å²) in [5.41, 5.74) is 2.03. The molecule has 1 aliphatic heterocycles. The first-order valence-corrected chi connectivity index (χ1v) is 12.8. The Labute approximate surface area is 203 Å². The summed E-state index contributed by atoms with van der Waals surface area (Å²) in [6, 6.07) is 12.8. The minimum Gasteiger partial charge on any atom is -0.508 e. The lowest BCUT2D eigenvalue weighted by Gasteiger charge is -2.43. The van der Waals surface area contributed by atoms with Crippen molar-refractivity contribution in [3.63, 3.8) is 0 Å². The number of carboxylic acid groups (broad SMARTS) is 1. The molecule has 3 N–H and O–H groups in total. The molecule has 3 unspecified atom stereocenters. The lowest BCUT2D eigenvalue weighted by molar-refractivity contribution is -0.142. The number of rotatable bonds is 13. The second-order valence-electron chi connectivity index (χ2n) is 10.1. The van der Waals surface area contributed by atoms with Gasteiger partial charge in [-0.2, -0.15) is 0 Å². The smallest absolute Gasteiger partial charge is 0.306 e. The third-order valence-corrected chi connectivity index (χ3v) is 7.50. The maximum absolute atomic E-state index is 11.4. The number of carbonyl (C=O) groups is 1. The van der Waals surface area contributed by atoms with E-state index in [1.54, 1.807) is 24.3 Å². The van der Waals surface area contributed by atoms with E-state index in [2.05, 4.69) is 13.8 Å². The van der Waals surface area contributed by atoms with Crippen LogP contribution in [0.1, 0.15) is 95.1 Å². The van der Waals surface area contributed by atoms with Crippen LogP contribution in [0.4, 0.5) is 0 Å². The molecule has 34 heavy (non-hydrogen) atoms. The number of unbranched alkanes of at least 4 members (excludes halogenated alkanes) is 5. The van der Waals surface area contributed by atoms with Crippen LogP contribution in [0.15, 0.2) is 42.5 Å². The first kappa shape index (κ1) is 25.9. The molecule has 3 atom stereocenters. The van der Waals surface area contributed by atoms with Crippen molar-refractivity contribution in [2.45, 2.75) is 89.4 Å². The predicted molar refractivity (Wildman–Crippen MR) is 135 cm³/mol. The van der Waals surface area contributed by atoms with E-state index in [4.69, 9.17) is 4.74 Å². The lowest BCUT2D eigenvalue weighted by Crippen LogP contribution is -2.40. The molecule has 5 nitrogen and oxygen atoms in total. The van der Waals surface area contributed by atoms with Crippen molar-refractivity contribution in [3.8, 4) is 17.2 Å². The number of benzene rings is 2. The maximum Gasteiger partial charge on any atom is 0.306 e. The van der Waals surface area contributed by atoms with Crippen molar-refractivity contribution in [2.24, 2.45) is 5.92 Å². The third-order valence-electron chi connectivity index (χ3n) is 7.50. The number of fused-ring (bicyclic) bond motifs is 1. The molecule has 3 rings (SSSR count). The van der Waals surface area contributed by atoms with Crippen molar-refractivity contribution >= 4 is 5.97 Å². The highest BCUT2D eigenvalue weighted by Gasteiger charge is 2.42. The van der Waals surface area contributed by atoms with Crippen molar-refractivity contribution in [1.29, 1.82) is 0 Å². The number of aliphatic carboxylic acids is 1. The average molecular weight is 469 g/mol. The van der Waals surface area contributed by atoms with Gasteiger partial charge < -0.3 is 20.1 Å². The number of phenolic OH excluding ortho intramolecular Hbond substituents is 2. The molecule has 0 aromatic heterocycles. The van der Waals surface area contributed by atoms with E-state index in [9.17, 15) is 20.1 Å². The minimum atomic E-state index is -0.647. The molecule has 0 aliphatic carbocycles. The van der Waals surface area contributed by atoms with Gasteiger partial charge in [0.15, 0.2) is 0 Å². The van der Waals surface area contributed by atoms with E-state index in [0.29, 0.717) is 6.61 Å². The van der Waals surface area contributed by atoms with Gasteiger partial charge in [0.1, 0.15) is 17.2 Å². The zero-order chi connectivity index (χ0) is 24.6. The Bertz CT molecular complexity index is 923. The molecule has 186 valence electrons. The van der Waals surface area contributed by atoms with Gasteiger partial charge in [-0.15, -0.1) is 0 Å². The van der Waals surface area contributed by atoms with Gasteiger partial charge in [-0.1, -0.05) is 77.0 Å². The topological polar surface area (TPSA) is 87.0 Å². The molecular weight excluding hydrogens is 428 g/mol. The van der Waals surface area contributed by atoms with Gasteiger partial charge in [-0.3, -0.25) is 4.79 Å². The van der Waals surface area contributed by atoms with E-state index in [-0.39, 0.29) is 28.7 Å². The number of hydrogen-bond acceptors (Lipinski definition) is 4. The van der Waals surface area contributed by atoms with Crippen LogP contribution in [-0.4, -0.2) is 27.9 Å². The van der Waals surface area contributed by atoms with Crippen LogP contribution in [0, 0.1) is 5.92 Å². The van der Waals surface area contributed by atoms with Gasteiger partial charge in [0.05, 0.1) is 12.5 Å². The summed E-state index contributed by atoms with van der Waals surface area (Å²) in [5.74, 6) is 0.627. The quantitative estimate of drug-likeness (QED) is 0.272. The Balaban J connectivity index is 1.58. The summed E-state index contributed by atoms with van der Waals surface area (Å²) in [6.07, 6.45) is 9.97. The van der Waals surface area contributed by atoms with Crippen molar-refractivity contribution < 1.29 is 24.9 Å². The van der Waals surface area contributed by atoms with Crippen LogP contribution in [0.2, 0.25) is 0 Å². The minimum absolute atomic E-state index is 0.193. The molecule has 0 amide bonds. The molecule has 0 bridgehead atoms. The molecular formula is C29H40O5. The van der Waals surface area contributed by atoms with Crippen LogP contribution in [0.5, 0.6) is 17.2 Å². The molecule has 2 aromatic rings. The third kappa shape index (κ3) is 6.46. The number of hydrogen-bond donors (Lipinski definition) is 3. The van der Waals surface area contributed by atoms with Gasteiger partial charge in [-0.05, 0) is 48.6 Å². The molecule has 0 fully saturated rings. The first-order chi connectivity index (χ1) is 16.3. The molecule has 0 saturated carbocycles. The SMILES string of the molecule is CCCCC(CCCCCCCC1c2ccc(O)cc2OCC1(C)c1ccc(O)cc1)C(=O)O. The average Bonchev–Trinajstić information content (AvgIpc) is 2.81. The van der Waals surface area contributed by atoms with Gasteiger partial charge >= 0.3 is 5.97 Å². The van der Waals surface area contributed by atoms with E-state index in [1.165, 1.54) is 0 Å². The Morgan fingerprint density at radius 1 is 0.971 bits per heavy atom. The highest BCUT2D eigenvalue weighted by molar-refractivity contribution is 5.69. The predicted octanol–water partition coefficient (Wildman–Crippen LogP) is 7.15. The maximum atomic E-state index is 11.4. The fraction of sp³-hybridized carbons (Fsp3) is 0.552. The Morgan fingerprint density at radius 2 is 1.62 bits per heavy atom. The van der Waals surface area contributed by atoms with Gasteiger partial charge in [0.25, 0.3) is 0 Å². The summed E-state index contributed by atoms with van der Waals surface area (Å²) >= 11 is 0. The highest BCUT2D eigenvalue weighted by Crippen LogP contribution is 2.49. The molecule has 0 radical (unpaired) electrons. The van der Waals surface area contributed by atoms with Gasteiger partial charge in [0, 0.05) is 17.4 Å². The molecule has 1 aliphatic rings. The molecule has 5 heteroatoms. The largest absolute Gasteiger partial charge is 0.508 e. The second kappa shape index (κ2) is 12.1. The normalized spacial score (nSPS) is 20.4. The Morgan fingerprint density at radius 3 is 2.32 bits per heavy atom. The fourth-order valence-corrected chi connectivity index (χ4v) is 5.32. The Hall–Kier alpha value is -2.69. The molecule has 0 spiro atoms. The lowest BCUT2D eigenvalue weighted by atomic mass is 9.66.